The average molecular weight is 272 g/mol. The molecule has 4 heteroatoms. The second kappa shape index (κ2) is 4.56. The minimum absolute atomic E-state index is 0.0545. The Morgan fingerprint density at radius 3 is 2.65 bits per heavy atom. The highest BCUT2D eigenvalue weighted by Gasteiger charge is 2.27. The van der Waals surface area contributed by atoms with Crippen LogP contribution in [-0.4, -0.2) is 10.9 Å². The van der Waals surface area contributed by atoms with Crippen molar-refractivity contribution in [2.45, 2.75) is 6.42 Å². The van der Waals surface area contributed by atoms with Crippen LogP contribution in [0.15, 0.2) is 42.0 Å². The fourth-order valence-corrected chi connectivity index (χ4v) is 2.34. The lowest BCUT2D eigenvalue weighted by Crippen LogP contribution is -1.96. The number of hydrogen-bond acceptors (Lipinski definition) is 2. The second-order valence-corrected chi connectivity index (χ2v) is 4.64. The van der Waals surface area contributed by atoms with E-state index in [0.717, 1.165) is 12.1 Å². The Morgan fingerprint density at radius 2 is 1.95 bits per heavy atom. The Hall–Kier alpha value is -2.49. The number of halogens is 2. The monoisotopic (exact) mass is 272 g/mol. The van der Waals surface area contributed by atoms with E-state index in [4.69, 9.17) is 0 Å². The Balaban J connectivity index is 2.04. The van der Waals surface area contributed by atoms with Gasteiger partial charge in [0, 0.05) is 34.8 Å². The molecule has 0 aromatic heterocycles. The molecule has 0 saturated heterocycles. The molecule has 2 aromatic rings. The molecule has 0 atom stereocenters. The minimum atomic E-state index is -0.717. The molecular weight excluding hydrogens is 262 g/mol. The molecule has 0 fully saturated rings. The summed E-state index contributed by atoms with van der Waals surface area (Å²) >= 11 is 0. The molecule has 0 unspecified atom stereocenters. The molecule has 0 spiro atoms. The molecule has 3 rings (SSSR count). The van der Waals surface area contributed by atoms with Crippen molar-refractivity contribution in [2.24, 2.45) is 0 Å². The summed E-state index contributed by atoms with van der Waals surface area (Å²) in [6.45, 7) is 0. The van der Waals surface area contributed by atoms with Crippen molar-refractivity contribution in [2.75, 3.05) is 0 Å². The van der Waals surface area contributed by atoms with E-state index < -0.39 is 11.6 Å². The lowest BCUT2D eigenvalue weighted by Gasteiger charge is -1.99. The van der Waals surface area contributed by atoms with Crippen LogP contribution in [0.25, 0.3) is 6.08 Å². The van der Waals surface area contributed by atoms with Gasteiger partial charge in [0.25, 0.3) is 0 Å². The number of carbonyl (C=O) groups is 1. The molecule has 1 aliphatic carbocycles. The quantitative estimate of drug-likeness (QED) is 0.807. The van der Waals surface area contributed by atoms with Gasteiger partial charge in [-0.3, -0.25) is 4.79 Å². The van der Waals surface area contributed by atoms with Crippen LogP contribution in [0.2, 0.25) is 0 Å². The van der Waals surface area contributed by atoms with Crippen molar-refractivity contribution in [1.29, 1.82) is 0 Å². The van der Waals surface area contributed by atoms with Gasteiger partial charge < -0.3 is 5.11 Å². The highest BCUT2D eigenvalue weighted by atomic mass is 19.1. The summed E-state index contributed by atoms with van der Waals surface area (Å²) in [5.41, 5.74) is 1.51. The summed E-state index contributed by atoms with van der Waals surface area (Å²) in [5.74, 6) is -1.56. The molecule has 2 aromatic carbocycles. The number of carbonyl (C=O) groups excluding carboxylic acids is 1. The first kappa shape index (κ1) is 12.5. The molecule has 2 nitrogen and oxygen atoms in total. The number of hydrogen-bond donors (Lipinski definition) is 1. The van der Waals surface area contributed by atoms with Crippen LogP contribution in [-0.2, 0) is 6.42 Å². The number of phenols is 1. The maximum absolute atomic E-state index is 13.6. The van der Waals surface area contributed by atoms with Gasteiger partial charge in [0.2, 0.25) is 0 Å². The van der Waals surface area contributed by atoms with Crippen LogP contribution in [0.1, 0.15) is 21.5 Å². The Kier molecular flexibility index (Phi) is 2.86. The van der Waals surface area contributed by atoms with E-state index in [1.165, 1.54) is 18.2 Å². The molecule has 0 amide bonds. The van der Waals surface area contributed by atoms with Gasteiger partial charge in [-0.05, 0) is 24.3 Å². The summed E-state index contributed by atoms with van der Waals surface area (Å²) in [7, 11) is 0. The van der Waals surface area contributed by atoms with E-state index in [1.807, 2.05) is 0 Å². The zero-order valence-corrected chi connectivity index (χ0v) is 10.4. The van der Waals surface area contributed by atoms with Crippen LogP contribution >= 0.6 is 0 Å². The lowest BCUT2D eigenvalue weighted by molar-refractivity contribution is 0.104. The predicted octanol–water partition coefficient (Wildman–Crippen LogP) is 3.49. The standard InChI is InChI=1S/C16H10F2O2/c17-11-5-4-9(14(18)8-11)6-10-7-13-12(16(10)20)2-1-3-15(13)19/h1-6,8,19H,7H2/b10-6-. The van der Waals surface area contributed by atoms with Gasteiger partial charge in [-0.15, -0.1) is 0 Å². The van der Waals surface area contributed by atoms with Crippen molar-refractivity contribution in [1.82, 2.24) is 0 Å². The third kappa shape index (κ3) is 1.99. The fourth-order valence-electron chi connectivity index (χ4n) is 2.34. The fraction of sp³-hybridized carbons (Fsp3) is 0.0625. The van der Waals surface area contributed by atoms with Crippen molar-refractivity contribution in [3.05, 3.63) is 70.3 Å². The third-order valence-corrected chi connectivity index (χ3v) is 3.35. The van der Waals surface area contributed by atoms with E-state index in [2.05, 4.69) is 0 Å². The van der Waals surface area contributed by atoms with Gasteiger partial charge in [0.1, 0.15) is 17.4 Å². The van der Waals surface area contributed by atoms with Crippen LogP contribution in [0.3, 0.4) is 0 Å². The normalized spacial score (nSPS) is 15.7. The smallest absolute Gasteiger partial charge is 0.189 e. The van der Waals surface area contributed by atoms with Crippen molar-refractivity contribution >= 4 is 11.9 Å². The predicted molar refractivity (Wildman–Crippen MR) is 70.5 cm³/mol. The number of aromatic hydroxyl groups is 1. The van der Waals surface area contributed by atoms with Gasteiger partial charge in [-0.25, -0.2) is 8.78 Å². The van der Waals surface area contributed by atoms with E-state index >= 15 is 0 Å². The molecule has 0 heterocycles. The number of Topliss-reactive ketones (excluding diaryl/α,β-unsaturated/α-hetero) is 1. The van der Waals surface area contributed by atoms with Crippen LogP contribution in [0.5, 0.6) is 5.75 Å². The van der Waals surface area contributed by atoms with Crippen LogP contribution < -0.4 is 0 Å². The van der Waals surface area contributed by atoms with Gasteiger partial charge in [0.05, 0.1) is 0 Å². The molecule has 1 aliphatic rings. The molecule has 0 aliphatic heterocycles. The topological polar surface area (TPSA) is 37.3 Å². The number of fused-ring (bicyclic) bond motifs is 1. The molecule has 0 bridgehead atoms. The van der Waals surface area contributed by atoms with Gasteiger partial charge in [0.15, 0.2) is 5.78 Å². The summed E-state index contributed by atoms with van der Waals surface area (Å²) in [6.07, 6.45) is 1.65. The summed E-state index contributed by atoms with van der Waals surface area (Å²) in [5, 5.41) is 9.72. The molecule has 1 N–H and O–H groups in total. The maximum Gasteiger partial charge on any atom is 0.189 e. The zero-order valence-electron chi connectivity index (χ0n) is 10.4. The summed E-state index contributed by atoms with van der Waals surface area (Å²) in [4.78, 5) is 12.2. The average Bonchev–Trinajstić information content (AvgIpc) is 2.72. The van der Waals surface area contributed by atoms with Gasteiger partial charge >= 0.3 is 0 Å². The Labute approximate surface area is 114 Å². The number of rotatable bonds is 1. The molecule has 0 radical (unpaired) electrons. The number of allylic oxidation sites excluding steroid dienone is 1. The Morgan fingerprint density at radius 1 is 1.15 bits per heavy atom. The molecule has 20 heavy (non-hydrogen) atoms. The SMILES string of the molecule is O=C1/C(=C\c2ccc(F)cc2F)Cc2c(O)cccc21. The summed E-state index contributed by atoms with van der Waals surface area (Å²) < 4.78 is 26.4. The second-order valence-electron chi connectivity index (χ2n) is 4.64. The van der Waals surface area contributed by atoms with E-state index in [1.54, 1.807) is 12.1 Å². The lowest BCUT2D eigenvalue weighted by atomic mass is 10.1. The first-order valence-electron chi connectivity index (χ1n) is 6.07. The van der Waals surface area contributed by atoms with Crippen LogP contribution in [0.4, 0.5) is 8.78 Å². The highest BCUT2D eigenvalue weighted by Crippen LogP contribution is 2.33. The largest absolute Gasteiger partial charge is 0.508 e. The molecule has 0 saturated carbocycles. The van der Waals surface area contributed by atoms with E-state index in [0.29, 0.717) is 16.7 Å². The highest BCUT2D eigenvalue weighted by molar-refractivity contribution is 6.16. The van der Waals surface area contributed by atoms with E-state index in [-0.39, 0.29) is 23.5 Å². The number of ketones is 1. The van der Waals surface area contributed by atoms with Gasteiger partial charge in [-0.2, -0.15) is 0 Å². The van der Waals surface area contributed by atoms with Gasteiger partial charge in [-0.1, -0.05) is 12.1 Å². The van der Waals surface area contributed by atoms with Crippen molar-refractivity contribution in [3.8, 4) is 5.75 Å². The van der Waals surface area contributed by atoms with Crippen LogP contribution in [0, 0.1) is 11.6 Å². The number of phenolic OH excluding ortho intramolecular Hbond substituents is 1. The summed E-state index contributed by atoms with van der Waals surface area (Å²) in [6, 6.07) is 7.92. The third-order valence-electron chi connectivity index (χ3n) is 3.35. The first-order valence-corrected chi connectivity index (χ1v) is 6.07. The number of benzene rings is 2. The molecular formula is C16H10F2O2. The Bertz CT molecular complexity index is 748. The van der Waals surface area contributed by atoms with Crippen molar-refractivity contribution < 1.29 is 18.7 Å². The maximum atomic E-state index is 13.6. The van der Waals surface area contributed by atoms with E-state index in [9.17, 15) is 18.7 Å². The zero-order chi connectivity index (χ0) is 14.3. The molecule has 100 valence electrons. The minimum Gasteiger partial charge on any atom is -0.508 e. The van der Waals surface area contributed by atoms with Crippen molar-refractivity contribution in [3.63, 3.8) is 0 Å². The first-order chi connectivity index (χ1) is 9.56.